The van der Waals surface area contributed by atoms with E-state index in [2.05, 4.69) is 24.3 Å². The monoisotopic (exact) mass is 482 g/mol. The van der Waals surface area contributed by atoms with Crippen molar-refractivity contribution < 1.29 is 18.9 Å². The Morgan fingerprint density at radius 1 is 0.333 bits per heavy atom. The van der Waals surface area contributed by atoms with Crippen molar-refractivity contribution in [3.8, 4) is 0 Å². The molecule has 4 aromatic rings. The molecule has 0 atom stereocenters. The van der Waals surface area contributed by atoms with Gasteiger partial charge in [0, 0.05) is 0 Å². The summed E-state index contributed by atoms with van der Waals surface area (Å²) in [6.45, 7) is 3.68. The van der Waals surface area contributed by atoms with Crippen LogP contribution >= 0.6 is 0 Å². The smallest absolute Gasteiger partial charge is 0.0892 e. The third-order valence-corrected chi connectivity index (χ3v) is 6.00. The fourth-order valence-corrected chi connectivity index (χ4v) is 4.12. The number of hydrogen-bond acceptors (Lipinski definition) is 6. The van der Waals surface area contributed by atoms with Crippen molar-refractivity contribution in [1.29, 1.82) is 0 Å². The zero-order chi connectivity index (χ0) is 24.4. The van der Waals surface area contributed by atoms with Crippen LogP contribution in [-0.4, -0.2) is 9.97 Å². The molecule has 36 heavy (non-hydrogen) atoms. The maximum Gasteiger partial charge on any atom is 0.0892 e. The molecule has 6 nitrogen and oxygen atoms in total. The van der Waals surface area contributed by atoms with Crippen LogP contribution in [0, 0.1) is 0 Å². The normalized spacial score (nSPS) is 15.6. The molecule has 0 aliphatic carbocycles. The number of hydrogen-bond donors (Lipinski definition) is 0. The highest BCUT2D eigenvalue weighted by Crippen LogP contribution is 2.16. The summed E-state index contributed by atoms with van der Waals surface area (Å²) in [6.07, 6.45) is 0. The maximum absolute atomic E-state index is 6.01. The molecule has 2 aromatic carbocycles. The van der Waals surface area contributed by atoms with Crippen LogP contribution in [0.1, 0.15) is 45.0 Å². The van der Waals surface area contributed by atoms with Crippen molar-refractivity contribution in [2.75, 3.05) is 0 Å². The Kier molecular flexibility index (Phi) is 8.44. The number of aromatic nitrogens is 2. The summed E-state index contributed by atoms with van der Waals surface area (Å²) in [5.41, 5.74) is 7.94. The highest BCUT2D eigenvalue weighted by Gasteiger charge is 2.08. The zero-order valence-corrected chi connectivity index (χ0v) is 20.3. The average Bonchev–Trinajstić information content (AvgIpc) is 2.91. The minimum absolute atomic E-state index is 0.430. The van der Waals surface area contributed by atoms with Gasteiger partial charge in [-0.1, -0.05) is 60.7 Å². The van der Waals surface area contributed by atoms with E-state index in [1.54, 1.807) is 0 Å². The van der Waals surface area contributed by atoms with E-state index in [9.17, 15) is 0 Å². The van der Waals surface area contributed by atoms with Gasteiger partial charge in [-0.05, 0) is 46.5 Å². The molecule has 4 bridgehead atoms. The van der Waals surface area contributed by atoms with Gasteiger partial charge < -0.3 is 18.9 Å². The molecule has 0 N–H and O–H groups in total. The first-order valence-corrected chi connectivity index (χ1v) is 12.2. The summed E-state index contributed by atoms with van der Waals surface area (Å²) >= 11 is 0. The molecule has 5 rings (SSSR count). The largest absolute Gasteiger partial charge is 0.370 e. The molecule has 0 saturated carbocycles. The van der Waals surface area contributed by atoms with Crippen LogP contribution < -0.4 is 0 Å². The topological polar surface area (TPSA) is 62.7 Å². The van der Waals surface area contributed by atoms with Crippen molar-refractivity contribution in [2.45, 2.75) is 52.9 Å². The Labute approximate surface area is 211 Å². The van der Waals surface area contributed by atoms with Gasteiger partial charge in [0.2, 0.25) is 0 Å². The van der Waals surface area contributed by atoms with Gasteiger partial charge in [0.05, 0.1) is 75.6 Å². The molecule has 0 spiro atoms. The van der Waals surface area contributed by atoms with Crippen LogP contribution in [0.3, 0.4) is 0 Å². The predicted octanol–water partition coefficient (Wildman–Crippen LogP) is 5.66. The van der Waals surface area contributed by atoms with E-state index in [0.29, 0.717) is 52.9 Å². The third kappa shape index (κ3) is 6.83. The molecule has 184 valence electrons. The molecular formula is C30H30N2O4. The first kappa shape index (κ1) is 24.3. The van der Waals surface area contributed by atoms with E-state index in [1.807, 2.05) is 60.7 Å². The quantitative estimate of drug-likeness (QED) is 0.322. The van der Waals surface area contributed by atoms with E-state index in [1.165, 1.54) is 0 Å². The number of pyridine rings is 2. The average molecular weight is 483 g/mol. The molecule has 1 aliphatic heterocycles. The van der Waals surface area contributed by atoms with Gasteiger partial charge in [-0.2, -0.15) is 0 Å². The first-order chi connectivity index (χ1) is 17.8. The minimum atomic E-state index is 0.430. The van der Waals surface area contributed by atoms with Gasteiger partial charge in [0.25, 0.3) is 0 Å². The molecule has 0 saturated heterocycles. The predicted molar refractivity (Wildman–Crippen MR) is 135 cm³/mol. The third-order valence-electron chi connectivity index (χ3n) is 6.00. The van der Waals surface area contributed by atoms with E-state index in [4.69, 9.17) is 28.9 Å². The Hall–Kier alpha value is -3.42. The Morgan fingerprint density at radius 2 is 0.611 bits per heavy atom. The summed E-state index contributed by atoms with van der Waals surface area (Å²) in [7, 11) is 0. The van der Waals surface area contributed by atoms with Crippen LogP contribution in [0.25, 0.3) is 0 Å². The van der Waals surface area contributed by atoms with Gasteiger partial charge in [-0.15, -0.1) is 0 Å². The summed E-state index contributed by atoms with van der Waals surface area (Å²) in [6, 6.07) is 28.3. The fourth-order valence-electron chi connectivity index (χ4n) is 4.12. The Morgan fingerprint density at radius 3 is 0.889 bits per heavy atom. The van der Waals surface area contributed by atoms with Crippen molar-refractivity contribution in [2.24, 2.45) is 0 Å². The van der Waals surface area contributed by atoms with Crippen LogP contribution in [0.5, 0.6) is 0 Å². The highest BCUT2D eigenvalue weighted by atomic mass is 16.5. The Balaban J connectivity index is 1.33. The second kappa shape index (κ2) is 12.5. The number of nitrogens with zero attached hydrogens (tertiary/aromatic N) is 2. The zero-order valence-electron chi connectivity index (χ0n) is 20.3. The summed E-state index contributed by atoms with van der Waals surface area (Å²) in [4.78, 5) is 9.41. The number of fused-ring (bicyclic) bond motifs is 6. The minimum Gasteiger partial charge on any atom is -0.370 e. The van der Waals surface area contributed by atoms with E-state index in [0.717, 1.165) is 45.0 Å². The molecule has 3 heterocycles. The van der Waals surface area contributed by atoms with Crippen LogP contribution in [0.2, 0.25) is 0 Å². The molecule has 6 heteroatoms. The lowest BCUT2D eigenvalue weighted by Gasteiger charge is -2.13. The second-order valence-electron chi connectivity index (χ2n) is 8.75. The lowest BCUT2D eigenvalue weighted by atomic mass is 10.1. The van der Waals surface area contributed by atoms with Crippen molar-refractivity contribution >= 4 is 0 Å². The van der Waals surface area contributed by atoms with Crippen LogP contribution in [-0.2, 0) is 71.8 Å². The number of benzene rings is 2. The molecule has 1 aliphatic rings. The van der Waals surface area contributed by atoms with E-state index < -0.39 is 0 Å². The molecule has 2 aromatic heterocycles. The second-order valence-corrected chi connectivity index (χ2v) is 8.75. The summed E-state index contributed by atoms with van der Waals surface area (Å²) in [5.74, 6) is 0. The number of ether oxygens (including phenoxy) is 4. The van der Waals surface area contributed by atoms with Crippen LogP contribution in [0.15, 0.2) is 84.9 Å². The standard InChI is InChI=1S/C30H30N2O4/c1-2-8-24-16-34-20-28-12-6-14-30(32-28)22-36-18-26-10-4-3-9-25(26)17-35-21-29-13-5-11-27(31-29)19-33-15-23(24)7-1/h1-14H,15-22H2. The van der Waals surface area contributed by atoms with Crippen molar-refractivity contribution in [3.63, 3.8) is 0 Å². The molecule has 0 amide bonds. The lowest BCUT2D eigenvalue weighted by Crippen LogP contribution is -2.06. The maximum atomic E-state index is 6.01. The van der Waals surface area contributed by atoms with Gasteiger partial charge >= 0.3 is 0 Å². The SMILES string of the molecule is c1cc2nc(c1)COCc1ccccc1COCc1cccc(n1)COCc1ccccc1COC2. The summed E-state index contributed by atoms with van der Waals surface area (Å²) < 4.78 is 24.0. The fraction of sp³-hybridized carbons (Fsp3) is 0.267. The van der Waals surface area contributed by atoms with Gasteiger partial charge in [0.1, 0.15) is 0 Å². The molecular weight excluding hydrogens is 452 g/mol. The van der Waals surface area contributed by atoms with E-state index in [-0.39, 0.29) is 0 Å². The van der Waals surface area contributed by atoms with Crippen molar-refractivity contribution in [1.82, 2.24) is 9.97 Å². The summed E-state index contributed by atoms with van der Waals surface area (Å²) in [5, 5.41) is 0. The number of rotatable bonds is 0. The molecule has 0 unspecified atom stereocenters. The van der Waals surface area contributed by atoms with Gasteiger partial charge in [-0.3, -0.25) is 9.97 Å². The van der Waals surface area contributed by atoms with Crippen molar-refractivity contribution in [3.05, 3.63) is 130 Å². The van der Waals surface area contributed by atoms with Gasteiger partial charge in [0.15, 0.2) is 0 Å². The first-order valence-electron chi connectivity index (χ1n) is 12.2. The molecule has 0 radical (unpaired) electrons. The van der Waals surface area contributed by atoms with E-state index >= 15 is 0 Å². The van der Waals surface area contributed by atoms with Crippen LogP contribution in [0.4, 0.5) is 0 Å². The Bertz CT molecular complexity index is 1090. The lowest BCUT2D eigenvalue weighted by molar-refractivity contribution is 0.0850. The molecule has 0 fully saturated rings. The highest BCUT2D eigenvalue weighted by molar-refractivity contribution is 5.27. The van der Waals surface area contributed by atoms with Gasteiger partial charge in [-0.25, -0.2) is 0 Å².